The molecule has 0 radical (unpaired) electrons. The van der Waals surface area contributed by atoms with Crippen molar-refractivity contribution >= 4 is 27.5 Å². The summed E-state index contributed by atoms with van der Waals surface area (Å²) in [6, 6.07) is 0. The summed E-state index contributed by atoms with van der Waals surface area (Å²) in [7, 11) is 1.71. The summed E-state index contributed by atoms with van der Waals surface area (Å²) in [5, 5.41) is 0.465. The smallest absolute Gasteiger partial charge is 0.159 e. The quantitative estimate of drug-likeness (QED) is 0.774. The highest BCUT2D eigenvalue weighted by atomic mass is 79.9. The van der Waals surface area contributed by atoms with Crippen LogP contribution in [0.15, 0.2) is 4.47 Å². The van der Waals surface area contributed by atoms with E-state index in [2.05, 4.69) is 46.7 Å². The minimum Gasteiger partial charge on any atom is -0.373 e. The van der Waals surface area contributed by atoms with Gasteiger partial charge in [-0.25, -0.2) is 9.97 Å². The van der Waals surface area contributed by atoms with Gasteiger partial charge in [0.15, 0.2) is 5.82 Å². The third kappa shape index (κ3) is 2.86. The molecular weight excluding hydrogens is 316 g/mol. The molecule has 1 aromatic heterocycles. The lowest BCUT2D eigenvalue weighted by molar-refractivity contribution is 0.0768. The van der Waals surface area contributed by atoms with E-state index in [-0.39, 0.29) is 11.5 Å². The molecule has 5 heteroatoms. The minimum absolute atomic E-state index is 0.0308. The summed E-state index contributed by atoms with van der Waals surface area (Å²) in [6.07, 6.45) is 2.33. The van der Waals surface area contributed by atoms with E-state index in [0.29, 0.717) is 16.9 Å². The van der Waals surface area contributed by atoms with Crippen LogP contribution in [0.2, 0.25) is 5.15 Å². The van der Waals surface area contributed by atoms with Crippen molar-refractivity contribution in [1.82, 2.24) is 9.97 Å². The van der Waals surface area contributed by atoms with Crippen LogP contribution in [0.1, 0.15) is 51.2 Å². The van der Waals surface area contributed by atoms with Gasteiger partial charge in [-0.2, -0.15) is 0 Å². The zero-order valence-electron chi connectivity index (χ0n) is 11.1. The van der Waals surface area contributed by atoms with Crippen molar-refractivity contribution in [2.24, 2.45) is 5.92 Å². The van der Waals surface area contributed by atoms with Crippen LogP contribution in [0.25, 0.3) is 0 Å². The second kappa shape index (κ2) is 5.06. The van der Waals surface area contributed by atoms with Gasteiger partial charge >= 0.3 is 0 Å². The van der Waals surface area contributed by atoms with E-state index in [1.807, 2.05) is 0 Å². The lowest BCUT2D eigenvalue weighted by atomic mass is 9.92. The van der Waals surface area contributed by atoms with Crippen molar-refractivity contribution in [3.8, 4) is 0 Å². The van der Waals surface area contributed by atoms with Gasteiger partial charge in [0.25, 0.3) is 0 Å². The number of halogens is 2. The Kier molecular flexibility index (Phi) is 4.00. The van der Waals surface area contributed by atoms with E-state index < -0.39 is 0 Å². The maximum absolute atomic E-state index is 6.20. The largest absolute Gasteiger partial charge is 0.373 e. The minimum atomic E-state index is -0.0813. The first kappa shape index (κ1) is 14.2. The van der Waals surface area contributed by atoms with E-state index in [0.717, 1.165) is 10.2 Å². The Morgan fingerprint density at radius 3 is 2.39 bits per heavy atom. The molecule has 1 fully saturated rings. The Labute approximate surface area is 121 Å². The predicted molar refractivity (Wildman–Crippen MR) is 75.9 cm³/mol. The Morgan fingerprint density at radius 1 is 1.33 bits per heavy atom. The fourth-order valence-electron chi connectivity index (χ4n) is 1.97. The van der Waals surface area contributed by atoms with Crippen LogP contribution in [0.4, 0.5) is 0 Å². The lowest BCUT2D eigenvalue weighted by Crippen LogP contribution is -2.19. The van der Waals surface area contributed by atoms with Gasteiger partial charge < -0.3 is 4.74 Å². The molecule has 0 spiro atoms. The Morgan fingerprint density at radius 2 is 1.94 bits per heavy atom. The lowest BCUT2D eigenvalue weighted by Gasteiger charge is -2.22. The molecule has 3 nitrogen and oxygen atoms in total. The average molecular weight is 334 g/mol. The van der Waals surface area contributed by atoms with Crippen molar-refractivity contribution in [2.75, 3.05) is 7.11 Å². The molecule has 100 valence electrons. The number of methoxy groups -OCH3 is 1. The Hall–Kier alpha value is -0.190. The molecular formula is C13H18BrClN2O. The molecule has 18 heavy (non-hydrogen) atoms. The zero-order chi connectivity index (χ0) is 13.5. The van der Waals surface area contributed by atoms with Crippen LogP contribution in [-0.4, -0.2) is 17.1 Å². The van der Waals surface area contributed by atoms with E-state index in [1.165, 1.54) is 12.8 Å². The molecule has 0 aromatic carbocycles. The van der Waals surface area contributed by atoms with Crippen LogP contribution in [-0.2, 0) is 10.2 Å². The molecule has 1 aliphatic rings. The number of aromatic nitrogens is 2. The molecule has 0 bridgehead atoms. The first-order valence-corrected chi connectivity index (χ1v) is 7.28. The molecule has 0 N–H and O–H groups in total. The van der Waals surface area contributed by atoms with Crippen LogP contribution in [0.5, 0.6) is 0 Å². The molecule has 1 atom stereocenters. The van der Waals surface area contributed by atoms with E-state index in [4.69, 9.17) is 16.3 Å². The predicted octanol–water partition coefficient (Wildman–Crippen LogP) is 4.29. The maximum atomic E-state index is 6.20. The fraction of sp³-hybridized carbons (Fsp3) is 0.692. The van der Waals surface area contributed by atoms with Crippen LogP contribution in [0.3, 0.4) is 0 Å². The first-order valence-electron chi connectivity index (χ1n) is 6.10. The van der Waals surface area contributed by atoms with Gasteiger partial charge in [-0.3, -0.25) is 0 Å². The second-order valence-electron chi connectivity index (χ2n) is 5.78. The zero-order valence-corrected chi connectivity index (χ0v) is 13.5. The van der Waals surface area contributed by atoms with Gasteiger partial charge in [0.05, 0.1) is 10.2 Å². The summed E-state index contributed by atoms with van der Waals surface area (Å²) >= 11 is 9.67. The number of ether oxygens (including phenoxy) is 1. The number of hydrogen-bond acceptors (Lipinski definition) is 3. The molecule has 1 unspecified atom stereocenters. The van der Waals surface area contributed by atoms with Gasteiger partial charge in [-0.15, -0.1) is 0 Å². The number of rotatable bonds is 3. The van der Waals surface area contributed by atoms with Gasteiger partial charge in [-0.05, 0) is 34.7 Å². The third-order valence-corrected chi connectivity index (χ3v) is 4.35. The molecule has 1 heterocycles. The van der Waals surface area contributed by atoms with E-state index >= 15 is 0 Å². The summed E-state index contributed by atoms with van der Waals surface area (Å²) in [5.74, 6) is 1.25. The van der Waals surface area contributed by atoms with Gasteiger partial charge in [0, 0.05) is 12.5 Å². The molecule has 1 aromatic rings. The van der Waals surface area contributed by atoms with Crippen LogP contribution < -0.4 is 0 Å². The van der Waals surface area contributed by atoms with Gasteiger partial charge in [-0.1, -0.05) is 32.4 Å². The highest BCUT2D eigenvalue weighted by Crippen LogP contribution is 2.43. The number of hydrogen-bond donors (Lipinski definition) is 0. The summed E-state index contributed by atoms with van der Waals surface area (Å²) in [4.78, 5) is 9.03. The number of nitrogens with zero attached hydrogens (tertiary/aromatic N) is 2. The molecule has 0 amide bonds. The molecule has 1 saturated carbocycles. The fourth-order valence-corrected chi connectivity index (χ4v) is 2.92. The Bertz CT molecular complexity index is 455. The summed E-state index contributed by atoms with van der Waals surface area (Å²) in [5.41, 5.74) is 0.849. The van der Waals surface area contributed by atoms with Crippen LogP contribution in [0, 0.1) is 5.92 Å². The van der Waals surface area contributed by atoms with Crippen molar-refractivity contribution < 1.29 is 4.74 Å². The molecule has 0 saturated heterocycles. The van der Waals surface area contributed by atoms with Crippen molar-refractivity contribution in [3.05, 3.63) is 21.1 Å². The van der Waals surface area contributed by atoms with Crippen LogP contribution >= 0.6 is 27.5 Å². The van der Waals surface area contributed by atoms with Crippen molar-refractivity contribution in [1.29, 1.82) is 0 Å². The SMILES string of the molecule is COC(c1nc(Cl)c(Br)c(C(C)(C)C)n1)C1CC1. The molecule has 2 rings (SSSR count). The normalized spacial score (nSPS) is 17.9. The van der Waals surface area contributed by atoms with E-state index in [1.54, 1.807) is 7.11 Å². The standard InChI is InChI=1S/C13H18BrClN2O/c1-13(2,3)10-8(14)11(15)17-12(16-10)9(18-4)7-5-6-7/h7,9H,5-6H2,1-4H3. The average Bonchev–Trinajstić information content (AvgIpc) is 3.06. The van der Waals surface area contributed by atoms with E-state index in [9.17, 15) is 0 Å². The highest BCUT2D eigenvalue weighted by Gasteiger charge is 2.35. The van der Waals surface area contributed by atoms with Crippen molar-refractivity contribution in [3.63, 3.8) is 0 Å². The second-order valence-corrected chi connectivity index (χ2v) is 6.93. The first-order chi connectivity index (χ1) is 8.34. The van der Waals surface area contributed by atoms with Crippen molar-refractivity contribution in [2.45, 2.75) is 45.1 Å². The van der Waals surface area contributed by atoms with Gasteiger partial charge in [0.1, 0.15) is 11.3 Å². The molecule has 1 aliphatic carbocycles. The third-order valence-electron chi connectivity index (χ3n) is 3.10. The Balaban J connectivity index is 2.46. The highest BCUT2D eigenvalue weighted by molar-refractivity contribution is 9.10. The molecule has 0 aliphatic heterocycles. The monoisotopic (exact) mass is 332 g/mol. The summed E-state index contributed by atoms with van der Waals surface area (Å²) in [6.45, 7) is 6.33. The van der Waals surface area contributed by atoms with Gasteiger partial charge in [0.2, 0.25) is 0 Å². The topological polar surface area (TPSA) is 35.0 Å². The maximum Gasteiger partial charge on any atom is 0.159 e. The summed E-state index contributed by atoms with van der Waals surface area (Å²) < 4.78 is 6.31.